The van der Waals surface area contributed by atoms with Crippen molar-refractivity contribution >= 4 is 23.2 Å². The fraction of sp³-hybridized carbons (Fsp3) is 0.190. The summed E-state index contributed by atoms with van der Waals surface area (Å²) in [6.07, 6.45) is 0. The molecule has 3 rings (SSSR count). The van der Waals surface area contributed by atoms with Gasteiger partial charge in [-0.3, -0.25) is 4.79 Å². The van der Waals surface area contributed by atoms with Crippen molar-refractivity contribution in [1.82, 2.24) is 9.97 Å². The van der Waals surface area contributed by atoms with Crippen LogP contribution in [0.15, 0.2) is 54.6 Å². The first-order valence-corrected chi connectivity index (χ1v) is 8.77. The standard InChI is InChI=1S/C21H22N4O2/c1-4-27-19-11-6-5-10-17(19)24-20(26)18-13-15(3)22-21(25-18)23-16-9-7-8-14(2)12-16/h5-13H,4H2,1-3H3,(H,24,26)(H,22,23,25). The Morgan fingerprint density at radius 2 is 1.85 bits per heavy atom. The number of hydrogen-bond acceptors (Lipinski definition) is 5. The van der Waals surface area contributed by atoms with E-state index in [1.165, 1.54) is 0 Å². The van der Waals surface area contributed by atoms with Gasteiger partial charge in [0.25, 0.3) is 5.91 Å². The number of amides is 1. The minimum absolute atomic E-state index is 0.281. The van der Waals surface area contributed by atoms with Crippen molar-refractivity contribution in [2.45, 2.75) is 20.8 Å². The molecule has 138 valence electrons. The number of ether oxygens (including phenoxy) is 1. The van der Waals surface area contributed by atoms with Gasteiger partial charge in [-0.1, -0.05) is 24.3 Å². The first kappa shape index (κ1) is 18.4. The number of nitrogens with zero attached hydrogens (tertiary/aromatic N) is 2. The Morgan fingerprint density at radius 3 is 2.63 bits per heavy atom. The number of anilines is 3. The van der Waals surface area contributed by atoms with Crippen molar-refractivity contribution in [2.24, 2.45) is 0 Å². The number of benzene rings is 2. The molecule has 0 aliphatic rings. The quantitative estimate of drug-likeness (QED) is 0.676. The maximum atomic E-state index is 12.7. The summed E-state index contributed by atoms with van der Waals surface area (Å²) in [7, 11) is 0. The highest BCUT2D eigenvalue weighted by atomic mass is 16.5. The normalized spacial score (nSPS) is 10.3. The van der Waals surface area contributed by atoms with Gasteiger partial charge in [0.15, 0.2) is 0 Å². The van der Waals surface area contributed by atoms with Gasteiger partial charge in [-0.15, -0.1) is 0 Å². The summed E-state index contributed by atoms with van der Waals surface area (Å²) in [4.78, 5) is 21.4. The molecule has 0 fully saturated rings. The zero-order valence-corrected chi connectivity index (χ0v) is 15.6. The summed E-state index contributed by atoms with van der Waals surface area (Å²) in [5.74, 6) is 0.682. The van der Waals surface area contributed by atoms with Gasteiger partial charge in [-0.05, 0) is 56.7 Å². The molecule has 27 heavy (non-hydrogen) atoms. The van der Waals surface area contributed by atoms with Crippen LogP contribution >= 0.6 is 0 Å². The van der Waals surface area contributed by atoms with Crippen LogP contribution in [0.1, 0.15) is 28.7 Å². The maximum Gasteiger partial charge on any atom is 0.274 e. The summed E-state index contributed by atoms with van der Waals surface area (Å²) in [6.45, 7) is 6.25. The molecule has 2 N–H and O–H groups in total. The van der Waals surface area contributed by atoms with E-state index in [-0.39, 0.29) is 11.6 Å². The van der Waals surface area contributed by atoms with Crippen LogP contribution in [-0.2, 0) is 0 Å². The summed E-state index contributed by atoms with van der Waals surface area (Å²) in [6, 6.07) is 16.8. The highest BCUT2D eigenvalue weighted by Crippen LogP contribution is 2.24. The molecule has 2 aromatic carbocycles. The molecular formula is C21H22N4O2. The van der Waals surface area contributed by atoms with E-state index in [1.54, 1.807) is 12.1 Å². The maximum absolute atomic E-state index is 12.7. The summed E-state index contributed by atoms with van der Waals surface area (Å²) in [5, 5.41) is 6.01. The average Bonchev–Trinajstić information content (AvgIpc) is 2.63. The van der Waals surface area contributed by atoms with E-state index in [0.29, 0.717) is 29.7 Å². The van der Waals surface area contributed by atoms with Crippen LogP contribution in [-0.4, -0.2) is 22.5 Å². The van der Waals surface area contributed by atoms with Crippen LogP contribution in [0.5, 0.6) is 5.75 Å². The number of aromatic nitrogens is 2. The third-order valence-corrected chi connectivity index (χ3v) is 3.80. The Morgan fingerprint density at radius 1 is 1.04 bits per heavy atom. The molecule has 6 nitrogen and oxygen atoms in total. The van der Waals surface area contributed by atoms with E-state index in [9.17, 15) is 4.79 Å². The molecule has 6 heteroatoms. The summed E-state index contributed by atoms with van der Waals surface area (Å²) >= 11 is 0. The number of nitrogens with one attached hydrogen (secondary N) is 2. The number of carbonyl (C=O) groups excluding carboxylic acids is 1. The first-order valence-electron chi connectivity index (χ1n) is 8.77. The molecule has 1 amide bonds. The molecule has 0 saturated carbocycles. The van der Waals surface area contributed by atoms with Gasteiger partial charge < -0.3 is 15.4 Å². The Labute approximate surface area is 158 Å². The lowest BCUT2D eigenvalue weighted by molar-refractivity contribution is 0.102. The van der Waals surface area contributed by atoms with Gasteiger partial charge >= 0.3 is 0 Å². The molecule has 0 aliphatic heterocycles. The predicted octanol–water partition coefficient (Wildman–Crippen LogP) is 4.49. The lowest BCUT2D eigenvalue weighted by Crippen LogP contribution is -2.16. The lowest BCUT2D eigenvalue weighted by atomic mass is 10.2. The molecule has 0 radical (unpaired) electrons. The summed E-state index contributed by atoms with van der Waals surface area (Å²) in [5.41, 5.74) is 3.58. The molecule has 0 saturated heterocycles. The van der Waals surface area contributed by atoms with Crippen LogP contribution in [0.25, 0.3) is 0 Å². The van der Waals surface area contributed by atoms with Crippen LogP contribution in [0.4, 0.5) is 17.3 Å². The van der Waals surface area contributed by atoms with Crippen LogP contribution in [0.2, 0.25) is 0 Å². The SMILES string of the molecule is CCOc1ccccc1NC(=O)c1cc(C)nc(Nc2cccc(C)c2)n1. The Hall–Kier alpha value is -3.41. The second-order valence-corrected chi connectivity index (χ2v) is 6.10. The number of carbonyl (C=O) groups is 1. The van der Waals surface area contributed by atoms with Crippen LogP contribution in [0.3, 0.4) is 0 Å². The van der Waals surface area contributed by atoms with Gasteiger partial charge in [-0.2, -0.15) is 0 Å². The highest BCUT2D eigenvalue weighted by Gasteiger charge is 2.13. The topological polar surface area (TPSA) is 76.1 Å². The van der Waals surface area contributed by atoms with Crippen molar-refractivity contribution in [3.05, 3.63) is 71.5 Å². The van der Waals surface area contributed by atoms with E-state index >= 15 is 0 Å². The van der Waals surface area contributed by atoms with Crippen LogP contribution < -0.4 is 15.4 Å². The van der Waals surface area contributed by atoms with Crippen molar-refractivity contribution in [2.75, 3.05) is 17.2 Å². The fourth-order valence-corrected chi connectivity index (χ4v) is 2.63. The van der Waals surface area contributed by atoms with Crippen molar-refractivity contribution in [3.8, 4) is 5.75 Å². The second-order valence-electron chi connectivity index (χ2n) is 6.10. The van der Waals surface area contributed by atoms with Crippen LogP contribution in [0, 0.1) is 13.8 Å². The second kappa shape index (κ2) is 8.31. The third-order valence-electron chi connectivity index (χ3n) is 3.80. The van der Waals surface area contributed by atoms with Gasteiger partial charge in [0, 0.05) is 11.4 Å². The molecule has 0 spiro atoms. The zero-order valence-electron chi connectivity index (χ0n) is 15.6. The Kier molecular flexibility index (Phi) is 5.66. The van der Waals surface area contributed by atoms with E-state index in [4.69, 9.17) is 4.74 Å². The summed E-state index contributed by atoms with van der Waals surface area (Å²) < 4.78 is 5.55. The minimum Gasteiger partial charge on any atom is -0.492 e. The molecular weight excluding hydrogens is 340 g/mol. The molecule has 0 atom stereocenters. The Balaban J connectivity index is 1.82. The van der Waals surface area contributed by atoms with Gasteiger partial charge in [0.2, 0.25) is 5.95 Å². The third kappa shape index (κ3) is 4.82. The van der Waals surface area contributed by atoms with E-state index in [1.807, 2.05) is 63.2 Å². The number of para-hydroxylation sites is 2. The molecule has 0 bridgehead atoms. The minimum atomic E-state index is -0.319. The van der Waals surface area contributed by atoms with Crippen molar-refractivity contribution in [3.63, 3.8) is 0 Å². The lowest BCUT2D eigenvalue weighted by Gasteiger charge is -2.12. The monoisotopic (exact) mass is 362 g/mol. The fourth-order valence-electron chi connectivity index (χ4n) is 2.63. The molecule has 1 aromatic heterocycles. The zero-order chi connectivity index (χ0) is 19.2. The molecule has 3 aromatic rings. The van der Waals surface area contributed by atoms with E-state index < -0.39 is 0 Å². The first-order chi connectivity index (χ1) is 13.0. The molecule has 0 aliphatic carbocycles. The smallest absolute Gasteiger partial charge is 0.274 e. The highest BCUT2D eigenvalue weighted by molar-refractivity contribution is 6.03. The van der Waals surface area contributed by atoms with Crippen molar-refractivity contribution in [1.29, 1.82) is 0 Å². The molecule has 1 heterocycles. The van der Waals surface area contributed by atoms with Gasteiger partial charge in [0.1, 0.15) is 11.4 Å². The van der Waals surface area contributed by atoms with Gasteiger partial charge in [-0.25, -0.2) is 9.97 Å². The average molecular weight is 362 g/mol. The predicted molar refractivity (Wildman–Crippen MR) is 107 cm³/mol. The van der Waals surface area contributed by atoms with E-state index in [2.05, 4.69) is 20.6 Å². The van der Waals surface area contributed by atoms with Crippen molar-refractivity contribution < 1.29 is 9.53 Å². The van der Waals surface area contributed by atoms with Gasteiger partial charge in [0.05, 0.1) is 12.3 Å². The number of aryl methyl sites for hydroxylation is 2. The Bertz CT molecular complexity index is 956. The largest absolute Gasteiger partial charge is 0.492 e. The number of rotatable bonds is 6. The van der Waals surface area contributed by atoms with E-state index in [0.717, 1.165) is 11.3 Å². The number of hydrogen-bond donors (Lipinski definition) is 2. The molecule has 0 unspecified atom stereocenters.